The van der Waals surface area contributed by atoms with Gasteiger partial charge in [0, 0.05) is 41.3 Å². The predicted molar refractivity (Wildman–Crippen MR) is 101 cm³/mol. The zero-order valence-corrected chi connectivity index (χ0v) is 14.8. The first-order chi connectivity index (χ1) is 11.6. The number of para-hydroxylation sites is 1. The van der Waals surface area contributed by atoms with Crippen molar-refractivity contribution in [1.82, 2.24) is 9.88 Å². The third kappa shape index (κ3) is 3.48. The molecular weight excluding hydrogens is 320 g/mol. The first kappa shape index (κ1) is 17.0. The van der Waals surface area contributed by atoms with Crippen molar-refractivity contribution in [2.75, 3.05) is 6.54 Å². The maximum Gasteiger partial charge on any atom is 0.0636 e. The molecule has 2 aromatic carbocycles. The molecule has 2 N–H and O–H groups in total. The quantitative estimate of drug-likeness (QED) is 0.707. The van der Waals surface area contributed by atoms with E-state index >= 15 is 0 Å². The minimum atomic E-state index is -0.346. The van der Waals surface area contributed by atoms with Crippen LogP contribution in [0.3, 0.4) is 0 Å². The molecule has 3 aromatic rings. The first-order valence-electron chi connectivity index (χ1n) is 8.27. The van der Waals surface area contributed by atoms with Crippen LogP contribution in [0.25, 0.3) is 10.9 Å². The number of aromatic nitrogens is 1. The van der Waals surface area contributed by atoms with Gasteiger partial charge in [0.05, 0.1) is 6.10 Å². The lowest BCUT2D eigenvalue weighted by Crippen LogP contribution is -2.24. The number of benzene rings is 2. The smallest absolute Gasteiger partial charge is 0.0636 e. The van der Waals surface area contributed by atoms with Gasteiger partial charge in [-0.05, 0) is 37.1 Å². The van der Waals surface area contributed by atoms with E-state index in [4.69, 9.17) is 11.6 Å². The van der Waals surface area contributed by atoms with Crippen molar-refractivity contribution in [2.45, 2.75) is 33.0 Å². The van der Waals surface area contributed by atoms with E-state index in [1.54, 1.807) is 6.92 Å². The summed E-state index contributed by atoms with van der Waals surface area (Å²) in [6.45, 7) is 6.02. The number of halogens is 1. The van der Waals surface area contributed by atoms with Gasteiger partial charge in [0.25, 0.3) is 0 Å². The fraction of sp³-hybridized carbons (Fsp3) is 0.300. The lowest BCUT2D eigenvalue weighted by atomic mass is 10.1. The molecule has 0 spiro atoms. The average Bonchev–Trinajstić information content (AvgIpc) is 2.82. The van der Waals surface area contributed by atoms with Crippen LogP contribution in [-0.2, 0) is 13.1 Å². The van der Waals surface area contributed by atoms with Crippen molar-refractivity contribution in [3.63, 3.8) is 0 Å². The van der Waals surface area contributed by atoms with Crippen LogP contribution in [0, 0.1) is 6.92 Å². The number of nitrogens with zero attached hydrogens (tertiary/aromatic N) is 1. The number of aliphatic hydroxyl groups is 1. The first-order valence-corrected chi connectivity index (χ1v) is 8.64. The molecule has 3 rings (SSSR count). The zero-order chi connectivity index (χ0) is 17.1. The van der Waals surface area contributed by atoms with Crippen LogP contribution in [-0.4, -0.2) is 22.3 Å². The molecule has 24 heavy (non-hydrogen) atoms. The molecule has 0 radical (unpaired) electrons. The van der Waals surface area contributed by atoms with E-state index in [2.05, 4.69) is 47.1 Å². The second-order valence-electron chi connectivity index (χ2n) is 6.24. The average molecular weight is 343 g/mol. The van der Waals surface area contributed by atoms with Crippen molar-refractivity contribution < 1.29 is 5.11 Å². The number of fused-ring (bicyclic) bond motifs is 1. The minimum Gasteiger partial charge on any atom is -0.392 e. The highest BCUT2D eigenvalue weighted by molar-refractivity contribution is 6.31. The summed E-state index contributed by atoms with van der Waals surface area (Å²) in [4.78, 5) is 0. The van der Waals surface area contributed by atoms with Gasteiger partial charge >= 0.3 is 0 Å². The Labute approximate surface area is 147 Å². The highest BCUT2D eigenvalue weighted by Gasteiger charge is 2.14. The molecule has 0 saturated heterocycles. The summed E-state index contributed by atoms with van der Waals surface area (Å²) in [7, 11) is 0. The Kier molecular flexibility index (Phi) is 5.24. The summed E-state index contributed by atoms with van der Waals surface area (Å²) in [5, 5.41) is 14.8. The molecule has 0 saturated carbocycles. The Morgan fingerprint density at radius 2 is 1.83 bits per heavy atom. The number of aliphatic hydroxyl groups excluding tert-OH is 1. The molecule has 4 heteroatoms. The largest absolute Gasteiger partial charge is 0.392 e. The van der Waals surface area contributed by atoms with Crippen LogP contribution in [0.4, 0.5) is 0 Å². The van der Waals surface area contributed by atoms with Crippen LogP contribution in [0.1, 0.15) is 23.7 Å². The highest BCUT2D eigenvalue weighted by atomic mass is 35.5. The Morgan fingerprint density at radius 1 is 1.12 bits per heavy atom. The molecule has 3 nitrogen and oxygen atoms in total. The second-order valence-corrected chi connectivity index (χ2v) is 6.65. The molecule has 1 heterocycles. The van der Waals surface area contributed by atoms with Gasteiger partial charge < -0.3 is 15.0 Å². The Morgan fingerprint density at radius 3 is 2.58 bits per heavy atom. The molecule has 0 fully saturated rings. The van der Waals surface area contributed by atoms with Gasteiger partial charge in [0.2, 0.25) is 0 Å². The lowest BCUT2D eigenvalue weighted by Gasteiger charge is -2.11. The molecule has 0 bridgehead atoms. The van der Waals surface area contributed by atoms with Gasteiger partial charge in [-0.25, -0.2) is 0 Å². The fourth-order valence-electron chi connectivity index (χ4n) is 3.13. The fourth-order valence-corrected chi connectivity index (χ4v) is 3.33. The summed E-state index contributed by atoms with van der Waals surface area (Å²) in [6, 6.07) is 16.4. The van der Waals surface area contributed by atoms with Crippen molar-refractivity contribution in [3.8, 4) is 0 Å². The van der Waals surface area contributed by atoms with Gasteiger partial charge in [-0.2, -0.15) is 0 Å². The summed E-state index contributed by atoms with van der Waals surface area (Å²) in [5.74, 6) is 0. The van der Waals surface area contributed by atoms with E-state index in [1.807, 2.05) is 18.2 Å². The van der Waals surface area contributed by atoms with E-state index in [-0.39, 0.29) is 6.10 Å². The van der Waals surface area contributed by atoms with Gasteiger partial charge in [0.15, 0.2) is 0 Å². The maximum absolute atomic E-state index is 9.46. The lowest BCUT2D eigenvalue weighted by molar-refractivity contribution is 0.191. The highest BCUT2D eigenvalue weighted by Crippen LogP contribution is 2.28. The third-order valence-electron chi connectivity index (χ3n) is 4.39. The molecule has 1 aromatic heterocycles. The van der Waals surface area contributed by atoms with Crippen molar-refractivity contribution >= 4 is 22.5 Å². The summed E-state index contributed by atoms with van der Waals surface area (Å²) in [5.41, 5.74) is 4.84. The molecule has 0 aliphatic rings. The number of rotatable bonds is 6. The monoisotopic (exact) mass is 342 g/mol. The topological polar surface area (TPSA) is 37.2 Å². The molecule has 0 amide bonds. The van der Waals surface area contributed by atoms with E-state index in [0.29, 0.717) is 6.54 Å². The molecule has 126 valence electrons. The van der Waals surface area contributed by atoms with Crippen LogP contribution in [0.2, 0.25) is 5.02 Å². The van der Waals surface area contributed by atoms with Crippen molar-refractivity contribution in [1.29, 1.82) is 0 Å². The number of hydrogen-bond acceptors (Lipinski definition) is 2. The summed E-state index contributed by atoms with van der Waals surface area (Å²) >= 11 is 6.35. The number of nitrogens with one attached hydrogen (secondary N) is 1. The van der Waals surface area contributed by atoms with E-state index in [1.165, 1.54) is 22.2 Å². The summed E-state index contributed by atoms with van der Waals surface area (Å²) < 4.78 is 2.32. The number of hydrogen-bond donors (Lipinski definition) is 2. The SMILES string of the molecule is Cc1c(CNCC(C)O)c2ccccc2n1Cc1ccccc1Cl. The van der Waals surface area contributed by atoms with Crippen LogP contribution in [0.15, 0.2) is 48.5 Å². The Balaban J connectivity index is 1.99. The van der Waals surface area contributed by atoms with E-state index in [0.717, 1.165) is 23.7 Å². The minimum absolute atomic E-state index is 0.346. The molecular formula is C20H23ClN2O. The predicted octanol–water partition coefficient (Wildman–Crippen LogP) is 4.12. The van der Waals surface area contributed by atoms with Gasteiger partial charge in [-0.15, -0.1) is 0 Å². The standard InChI is InChI=1S/C20H23ClN2O/c1-14(24)11-22-12-18-15(2)23(20-10-6-4-8-17(18)20)13-16-7-3-5-9-19(16)21/h3-10,14,22,24H,11-13H2,1-2H3. The Hall–Kier alpha value is -1.81. The molecule has 0 aliphatic heterocycles. The molecule has 0 aliphatic carbocycles. The normalized spacial score (nSPS) is 12.7. The van der Waals surface area contributed by atoms with Crippen LogP contribution in [0.5, 0.6) is 0 Å². The maximum atomic E-state index is 9.46. The van der Waals surface area contributed by atoms with Gasteiger partial charge in [0.1, 0.15) is 0 Å². The van der Waals surface area contributed by atoms with E-state index in [9.17, 15) is 5.11 Å². The van der Waals surface area contributed by atoms with Crippen LogP contribution >= 0.6 is 11.6 Å². The Bertz CT molecular complexity index is 839. The zero-order valence-electron chi connectivity index (χ0n) is 14.1. The van der Waals surface area contributed by atoms with Gasteiger partial charge in [-0.1, -0.05) is 48.0 Å². The van der Waals surface area contributed by atoms with Gasteiger partial charge in [-0.3, -0.25) is 0 Å². The molecule has 1 atom stereocenters. The molecule has 1 unspecified atom stereocenters. The van der Waals surface area contributed by atoms with E-state index < -0.39 is 0 Å². The van der Waals surface area contributed by atoms with Crippen molar-refractivity contribution in [3.05, 3.63) is 70.4 Å². The van der Waals surface area contributed by atoms with Crippen LogP contribution < -0.4 is 5.32 Å². The third-order valence-corrected chi connectivity index (χ3v) is 4.76. The van der Waals surface area contributed by atoms with Crippen molar-refractivity contribution in [2.24, 2.45) is 0 Å². The summed E-state index contributed by atoms with van der Waals surface area (Å²) in [6.07, 6.45) is -0.346. The second kappa shape index (κ2) is 7.39.